The Morgan fingerprint density at radius 3 is 2.67 bits per heavy atom. The summed E-state index contributed by atoms with van der Waals surface area (Å²) in [5.74, 6) is 0.603. The highest BCUT2D eigenvalue weighted by Crippen LogP contribution is 2.45. The summed E-state index contributed by atoms with van der Waals surface area (Å²) in [6, 6.07) is 6.23. The standard InChI is InChI=1S/C26H26ClFN6O2/c1-15-30-24-19(25(35)33(15)3)10-22(31-23(24)18-6-5-17(27)9-20(18)28)34-13-21(16-11-29-32(2)12-16)36-26(14-34)7-4-8-26/h5-6,9-12,21H,4,7-8,13-14H2,1-3H3/t21-/m1/s1. The molecule has 1 spiro atoms. The number of rotatable bonds is 3. The molecule has 0 amide bonds. The quantitative estimate of drug-likeness (QED) is 0.410. The Balaban J connectivity index is 1.53. The first-order chi connectivity index (χ1) is 17.2. The van der Waals surface area contributed by atoms with Gasteiger partial charge >= 0.3 is 0 Å². The molecule has 1 atom stereocenters. The number of hydrogen-bond acceptors (Lipinski definition) is 6. The Hall–Kier alpha value is -3.30. The zero-order chi connectivity index (χ0) is 25.2. The van der Waals surface area contributed by atoms with Crippen LogP contribution in [0, 0.1) is 12.7 Å². The van der Waals surface area contributed by atoms with Gasteiger partial charge in [-0.1, -0.05) is 11.6 Å². The summed E-state index contributed by atoms with van der Waals surface area (Å²) in [6.45, 7) is 2.93. The molecule has 0 bridgehead atoms. The molecule has 4 heterocycles. The van der Waals surface area contributed by atoms with Crippen molar-refractivity contribution in [1.29, 1.82) is 0 Å². The van der Waals surface area contributed by atoms with Crippen molar-refractivity contribution in [2.75, 3.05) is 18.0 Å². The van der Waals surface area contributed by atoms with Gasteiger partial charge in [-0.3, -0.25) is 14.0 Å². The minimum Gasteiger partial charge on any atom is -0.363 e. The van der Waals surface area contributed by atoms with Crippen molar-refractivity contribution >= 4 is 28.3 Å². The predicted octanol–water partition coefficient (Wildman–Crippen LogP) is 4.33. The molecule has 0 radical (unpaired) electrons. The first kappa shape index (κ1) is 23.1. The van der Waals surface area contributed by atoms with Crippen LogP contribution in [0.15, 0.2) is 41.5 Å². The normalized spacial score (nSPS) is 19.1. The minimum absolute atomic E-state index is 0.194. The SMILES string of the molecule is Cc1nc2c(-c3ccc(Cl)cc3F)nc(N3C[C@H](c4cnn(C)c4)OC4(CCC4)C3)cc2c(=O)n1C. The number of aromatic nitrogens is 5. The Morgan fingerprint density at radius 2 is 2.00 bits per heavy atom. The van der Waals surface area contributed by atoms with Crippen LogP contribution in [0.2, 0.25) is 5.02 Å². The molecular weight excluding hydrogens is 483 g/mol. The van der Waals surface area contributed by atoms with Gasteiger partial charge in [-0.25, -0.2) is 14.4 Å². The molecule has 1 saturated carbocycles. The average Bonchev–Trinajstić information content (AvgIpc) is 3.27. The number of morpholine rings is 1. The number of fused-ring (bicyclic) bond motifs is 1. The Kier molecular flexibility index (Phi) is 5.38. The van der Waals surface area contributed by atoms with Gasteiger partial charge < -0.3 is 9.64 Å². The molecule has 1 aromatic carbocycles. The highest BCUT2D eigenvalue weighted by Gasteiger charge is 2.46. The molecule has 0 N–H and O–H groups in total. The van der Waals surface area contributed by atoms with E-state index >= 15 is 4.39 Å². The van der Waals surface area contributed by atoms with E-state index in [1.165, 1.54) is 10.6 Å². The molecule has 8 nitrogen and oxygen atoms in total. The molecule has 1 aliphatic heterocycles. The zero-order valence-corrected chi connectivity index (χ0v) is 21.1. The molecule has 1 aliphatic carbocycles. The molecule has 2 fully saturated rings. The van der Waals surface area contributed by atoms with Gasteiger partial charge in [-0.15, -0.1) is 0 Å². The average molecular weight is 509 g/mol. The van der Waals surface area contributed by atoms with Gasteiger partial charge in [0, 0.05) is 43.0 Å². The van der Waals surface area contributed by atoms with Crippen molar-refractivity contribution in [3.05, 3.63) is 69.2 Å². The maximum atomic E-state index is 15.1. The van der Waals surface area contributed by atoms with Crippen molar-refractivity contribution in [2.24, 2.45) is 14.1 Å². The molecular formula is C26H26ClFN6O2. The molecule has 4 aromatic rings. The second-order valence-corrected chi connectivity index (χ2v) is 10.3. The summed E-state index contributed by atoms with van der Waals surface area (Å²) in [6.07, 6.45) is 6.60. The predicted molar refractivity (Wildman–Crippen MR) is 136 cm³/mol. The smallest absolute Gasteiger partial charge is 0.261 e. The Morgan fingerprint density at radius 1 is 1.19 bits per heavy atom. The first-order valence-corrected chi connectivity index (χ1v) is 12.4. The van der Waals surface area contributed by atoms with E-state index in [1.54, 1.807) is 36.9 Å². The van der Waals surface area contributed by atoms with Crippen LogP contribution in [0.1, 0.15) is 36.8 Å². The number of pyridine rings is 1. The van der Waals surface area contributed by atoms with E-state index in [-0.39, 0.29) is 27.9 Å². The fourth-order valence-electron chi connectivity index (χ4n) is 5.19. The second-order valence-electron chi connectivity index (χ2n) is 9.84. The summed E-state index contributed by atoms with van der Waals surface area (Å²) in [4.78, 5) is 25.0. The third kappa shape index (κ3) is 3.77. The number of halogens is 2. The topological polar surface area (TPSA) is 78.1 Å². The maximum absolute atomic E-state index is 15.1. The maximum Gasteiger partial charge on any atom is 0.261 e. The summed E-state index contributed by atoms with van der Waals surface area (Å²) >= 11 is 6.02. The van der Waals surface area contributed by atoms with Crippen molar-refractivity contribution in [2.45, 2.75) is 37.9 Å². The lowest BCUT2D eigenvalue weighted by Gasteiger charge is -2.51. The van der Waals surface area contributed by atoms with Crippen molar-refractivity contribution in [3.8, 4) is 11.3 Å². The summed E-state index contributed by atoms with van der Waals surface area (Å²) in [5, 5.41) is 5.00. The van der Waals surface area contributed by atoms with Crippen LogP contribution >= 0.6 is 11.6 Å². The van der Waals surface area contributed by atoms with Gasteiger partial charge in [0.2, 0.25) is 0 Å². The second kappa shape index (κ2) is 8.38. The molecule has 6 rings (SSSR count). The van der Waals surface area contributed by atoms with Gasteiger partial charge in [0.1, 0.15) is 34.8 Å². The molecule has 0 unspecified atom stereocenters. The fourth-order valence-corrected chi connectivity index (χ4v) is 5.35. The molecule has 36 heavy (non-hydrogen) atoms. The molecule has 3 aromatic heterocycles. The van der Waals surface area contributed by atoms with Crippen LogP contribution in [0.25, 0.3) is 22.2 Å². The van der Waals surface area contributed by atoms with E-state index < -0.39 is 5.82 Å². The number of benzene rings is 1. The van der Waals surface area contributed by atoms with Crippen molar-refractivity contribution in [3.63, 3.8) is 0 Å². The molecule has 1 saturated heterocycles. The monoisotopic (exact) mass is 508 g/mol. The van der Waals surface area contributed by atoms with Crippen LogP contribution in [-0.2, 0) is 18.8 Å². The third-order valence-corrected chi connectivity index (χ3v) is 7.64. The van der Waals surface area contributed by atoms with Crippen LogP contribution in [0.3, 0.4) is 0 Å². The van der Waals surface area contributed by atoms with Gasteiger partial charge in [-0.05, 0) is 50.5 Å². The molecule has 10 heteroatoms. The Labute approximate surface area is 212 Å². The number of anilines is 1. The first-order valence-electron chi connectivity index (χ1n) is 12.0. The van der Waals surface area contributed by atoms with Crippen LogP contribution in [0.5, 0.6) is 0 Å². The van der Waals surface area contributed by atoms with E-state index in [0.717, 1.165) is 24.8 Å². The van der Waals surface area contributed by atoms with Crippen molar-refractivity contribution in [1.82, 2.24) is 24.3 Å². The van der Waals surface area contributed by atoms with E-state index in [0.29, 0.717) is 41.3 Å². The Bertz CT molecular complexity index is 1560. The van der Waals surface area contributed by atoms with Gasteiger partial charge in [0.25, 0.3) is 5.56 Å². The van der Waals surface area contributed by atoms with Crippen LogP contribution < -0.4 is 10.5 Å². The lowest BCUT2D eigenvalue weighted by molar-refractivity contribution is -0.150. The van der Waals surface area contributed by atoms with E-state index in [9.17, 15) is 4.79 Å². The summed E-state index contributed by atoms with van der Waals surface area (Å²) in [7, 11) is 3.56. The molecule has 186 valence electrons. The van der Waals surface area contributed by atoms with E-state index in [1.807, 2.05) is 19.4 Å². The number of aryl methyl sites for hydroxylation is 2. The van der Waals surface area contributed by atoms with Crippen LogP contribution in [0.4, 0.5) is 10.2 Å². The minimum atomic E-state index is -0.515. The van der Waals surface area contributed by atoms with Crippen molar-refractivity contribution < 1.29 is 9.13 Å². The number of nitrogens with zero attached hydrogens (tertiary/aromatic N) is 6. The molecule has 2 aliphatic rings. The number of hydrogen-bond donors (Lipinski definition) is 0. The fraction of sp³-hybridized carbons (Fsp3) is 0.385. The lowest BCUT2D eigenvalue weighted by Crippen LogP contribution is -2.56. The number of ether oxygens (including phenoxy) is 1. The summed E-state index contributed by atoms with van der Waals surface area (Å²) in [5.41, 5.74) is 1.46. The highest BCUT2D eigenvalue weighted by molar-refractivity contribution is 6.30. The zero-order valence-electron chi connectivity index (χ0n) is 20.3. The highest BCUT2D eigenvalue weighted by atomic mass is 35.5. The van der Waals surface area contributed by atoms with E-state index in [2.05, 4.69) is 15.0 Å². The summed E-state index contributed by atoms with van der Waals surface area (Å²) < 4.78 is 25.0. The largest absolute Gasteiger partial charge is 0.363 e. The lowest BCUT2D eigenvalue weighted by atomic mass is 9.78. The van der Waals surface area contributed by atoms with E-state index in [4.69, 9.17) is 21.3 Å². The van der Waals surface area contributed by atoms with Gasteiger partial charge in [0.05, 0.1) is 23.7 Å². The van der Waals surface area contributed by atoms with Gasteiger partial charge in [0.15, 0.2) is 0 Å². The third-order valence-electron chi connectivity index (χ3n) is 7.40. The van der Waals surface area contributed by atoms with Gasteiger partial charge in [-0.2, -0.15) is 5.10 Å². The van der Waals surface area contributed by atoms with Crippen LogP contribution in [-0.4, -0.2) is 43.0 Å².